The van der Waals surface area contributed by atoms with Crippen LogP contribution in [0.5, 0.6) is 0 Å². The van der Waals surface area contributed by atoms with Gasteiger partial charge in [-0.1, -0.05) is 30.3 Å². The van der Waals surface area contributed by atoms with Crippen LogP contribution in [-0.2, 0) is 0 Å². The molecule has 0 radical (unpaired) electrons. The van der Waals surface area contributed by atoms with Crippen molar-refractivity contribution in [3.8, 4) is 5.69 Å². The normalized spacial score (nSPS) is 9.25. The first kappa shape index (κ1) is 10.7. The molecule has 0 aliphatic carbocycles. The molecule has 0 atom stereocenters. The molecule has 16 heavy (non-hydrogen) atoms. The Labute approximate surface area is 99.6 Å². The van der Waals surface area contributed by atoms with Crippen LogP contribution in [0.1, 0.15) is 0 Å². The van der Waals surface area contributed by atoms with Crippen molar-refractivity contribution in [2.24, 2.45) is 0 Å². The number of thiophene rings is 1. The first-order valence-corrected chi connectivity index (χ1v) is 6.06. The van der Waals surface area contributed by atoms with E-state index in [1.165, 1.54) is 5.69 Å². The molecule has 2 heterocycles. The Bertz CT molecular complexity index is 451. The molecule has 0 amide bonds. The standard InChI is InChI=1S/C10H9N.C4H4S/c1-2-6-10(7-3-1)11-8-4-5-9-11;1-2-4-5-3-1/h1-9H;1-4H. The predicted octanol–water partition coefficient (Wildman–Crippen LogP) is 4.23. The summed E-state index contributed by atoms with van der Waals surface area (Å²) in [6.45, 7) is 0. The topological polar surface area (TPSA) is 4.93 Å². The molecule has 80 valence electrons. The highest BCUT2D eigenvalue weighted by Gasteiger charge is 1.88. The maximum atomic E-state index is 2.08. The molecule has 1 aromatic carbocycles. The molecular formula is C14H13NS. The number of hydrogen-bond donors (Lipinski definition) is 0. The van der Waals surface area contributed by atoms with Gasteiger partial charge in [0.25, 0.3) is 0 Å². The lowest BCUT2D eigenvalue weighted by Crippen LogP contribution is -1.86. The van der Waals surface area contributed by atoms with Crippen molar-refractivity contribution < 1.29 is 0 Å². The third kappa shape index (κ3) is 3.11. The number of aromatic nitrogens is 1. The number of rotatable bonds is 1. The zero-order chi connectivity index (χ0) is 11.1. The minimum absolute atomic E-state index is 1.21. The Morgan fingerprint density at radius 3 is 1.81 bits per heavy atom. The second-order valence-corrected chi connectivity index (χ2v) is 4.04. The number of nitrogens with zero attached hydrogens (tertiary/aromatic N) is 1. The smallest absolute Gasteiger partial charge is 0.0449 e. The summed E-state index contributed by atoms with van der Waals surface area (Å²) < 4.78 is 2.08. The molecular weight excluding hydrogens is 214 g/mol. The lowest BCUT2D eigenvalue weighted by molar-refractivity contribution is 1.08. The lowest BCUT2D eigenvalue weighted by Gasteiger charge is -1.99. The second-order valence-electron chi connectivity index (χ2n) is 3.22. The predicted molar refractivity (Wildman–Crippen MR) is 70.1 cm³/mol. The summed E-state index contributed by atoms with van der Waals surface area (Å²) in [6.07, 6.45) is 4.07. The van der Waals surface area contributed by atoms with Gasteiger partial charge in [-0.15, -0.1) is 0 Å². The van der Waals surface area contributed by atoms with E-state index in [2.05, 4.69) is 16.7 Å². The molecule has 0 aliphatic heterocycles. The van der Waals surface area contributed by atoms with E-state index in [4.69, 9.17) is 0 Å². The van der Waals surface area contributed by atoms with Gasteiger partial charge in [-0.25, -0.2) is 0 Å². The zero-order valence-corrected chi connectivity index (χ0v) is 9.68. The Kier molecular flexibility index (Phi) is 3.97. The van der Waals surface area contributed by atoms with Gasteiger partial charge in [0.15, 0.2) is 0 Å². The van der Waals surface area contributed by atoms with Crippen molar-refractivity contribution in [3.63, 3.8) is 0 Å². The van der Waals surface area contributed by atoms with Crippen LogP contribution in [-0.4, -0.2) is 4.57 Å². The lowest BCUT2D eigenvalue weighted by atomic mass is 10.3. The summed E-state index contributed by atoms with van der Waals surface area (Å²) >= 11 is 1.71. The number of para-hydroxylation sites is 1. The third-order valence-corrected chi connectivity index (χ3v) is 2.71. The van der Waals surface area contributed by atoms with Gasteiger partial charge in [0.1, 0.15) is 0 Å². The molecule has 3 aromatic rings. The van der Waals surface area contributed by atoms with E-state index in [0.29, 0.717) is 0 Å². The highest BCUT2D eigenvalue weighted by atomic mass is 32.1. The Morgan fingerprint density at radius 1 is 0.688 bits per heavy atom. The molecule has 2 aromatic heterocycles. The molecule has 0 spiro atoms. The fourth-order valence-electron chi connectivity index (χ4n) is 1.33. The summed E-state index contributed by atoms with van der Waals surface area (Å²) in [6, 6.07) is 18.3. The number of hydrogen-bond acceptors (Lipinski definition) is 1. The van der Waals surface area contributed by atoms with Crippen LogP contribution in [0, 0.1) is 0 Å². The summed E-state index contributed by atoms with van der Waals surface area (Å²) in [7, 11) is 0. The molecule has 3 rings (SSSR count). The van der Waals surface area contributed by atoms with Crippen LogP contribution in [0.3, 0.4) is 0 Å². The minimum atomic E-state index is 1.21. The minimum Gasteiger partial charge on any atom is -0.324 e. The SMILES string of the molecule is c1ccc(-n2cccc2)cc1.c1ccsc1. The molecule has 2 heteroatoms. The van der Waals surface area contributed by atoms with Crippen molar-refractivity contribution in [1.29, 1.82) is 0 Å². The molecule has 0 aliphatic rings. The van der Waals surface area contributed by atoms with Gasteiger partial charge in [0, 0.05) is 18.1 Å². The van der Waals surface area contributed by atoms with E-state index in [1.54, 1.807) is 11.3 Å². The van der Waals surface area contributed by atoms with Crippen LogP contribution in [0.4, 0.5) is 0 Å². The molecule has 0 fully saturated rings. The van der Waals surface area contributed by atoms with E-state index in [0.717, 1.165) is 0 Å². The van der Waals surface area contributed by atoms with Crippen molar-refractivity contribution in [1.82, 2.24) is 4.57 Å². The van der Waals surface area contributed by atoms with Gasteiger partial charge >= 0.3 is 0 Å². The largest absolute Gasteiger partial charge is 0.324 e. The molecule has 0 saturated heterocycles. The third-order valence-electron chi connectivity index (χ3n) is 2.08. The molecule has 1 nitrogen and oxygen atoms in total. The molecule has 0 unspecified atom stereocenters. The first-order chi connectivity index (χ1) is 7.97. The number of benzene rings is 1. The van der Waals surface area contributed by atoms with Crippen molar-refractivity contribution in [3.05, 3.63) is 77.8 Å². The molecule has 0 saturated carbocycles. The highest BCUT2D eigenvalue weighted by molar-refractivity contribution is 7.07. The van der Waals surface area contributed by atoms with Gasteiger partial charge in [0.05, 0.1) is 0 Å². The van der Waals surface area contributed by atoms with Crippen LogP contribution < -0.4 is 0 Å². The van der Waals surface area contributed by atoms with E-state index in [-0.39, 0.29) is 0 Å². The van der Waals surface area contributed by atoms with Gasteiger partial charge in [-0.05, 0) is 35.0 Å². The van der Waals surface area contributed by atoms with Gasteiger partial charge in [-0.3, -0.25) is 0 Å². The summed E-state index contributed by atoms with van der Waals surface area (Å²) in [5.74, 6) is 0. The maximum absolute atomic E-state index is 2.08. The Hall–Kier alpha value is -1.80. The average Bonchev–Trinajstić information content (AvgIpc) is 3.07. The van der Waals surface area contributed by atoms with Crippen LogP contribution in [0.25, 0.3) is 5.69 Å². The van der Waals surface area contributed by atoms with Crippen molar-refractivity contribution in [2.75, 3.05) is 0 Å². The summed E-state index contributed by atoms with van der Waals surface area (Å²) in [5.41, 5.74) is 1.21. The van der Waals surface area contributed by atoms with Crippen LogP contribution in [0.15, 0.2) is 77.8 Å². The zero-order valence-electron chi connectivity index (χ0n) is 8.86. The highest BCUT2D eigenvalue weighted by Crippen LogP contribution is 2.05. The van der Waals surface area contributed by atoms with Crippen LogP contribution >= 0.6 is 11.3 Å². The molecule has 0 N–H and O–H groups in total. The Balaban J connectivity index is 0.000000162. The summed E-state index contributed by atoms with van der Waals surface area (Å²) in [5, 5.41) is 4.08. The van der Waals surface area contributed by atoms with E-state index < -0.39 is 0 Å². The Morgan fingerprint density at radius 2 is 1.31 bits per heavy atom. The average molecular weight is 227 g/mol. The van der Waals surface area contributed by atoms with Crippen molar-refractivity contribution in [2.45, 2.75) is 0 Å². The molecule has 0 bridgehead atoms. The fraction of sp³-hybridized carbons (Fsp3) is 0. The van der Waals surface area contributed by atoms with E-state index in [9.17, 15) is 0 Å². The monoisotopic (exact) mass is 227 g/mol. The van der Waals surface area contributed by atoms with Gasteiger partial charge in [0.2, 0.25) is 0 Å². The van der Waals surface area contributed by atoms with Gasteiger partial charge in [-0.2, -0.15) is 11.3 Å². The van der Waals surface area contributed by atoms with Crippen molar-refractivity contribution >= 4 is 11.3 Å². The van der Waals surface area contributed by atoms with E-state index >= 15 is 0 Å². The second kappa shape index (κ2) is 5.93. The van der Waals surface area contributed by atoms with Gasteiger partial charge < -0.3 is 4.57 Å². The maximum Gasteiger partial charge on any atom is 0.0449 e. The van der Waals surface area contributed by atoms with E-state index in [1.807, 2.05) is 65.6 Å². The first-order valence-electron chi connectivity index (χ1n) is 5.12. The summed E-state index contributed by atoms with van der Waals surface area (Å²) in [4.78, 5) is 0. The fourth-order valence-corrected chi connectivity index (χ4v) is 1.79. The quantitative estimate of drug-likeness (QED) is 0.586. The van der Waals surface area contributed by atoms with Crippen LogP contribution in [0.2, 0.25) is 0 Å².